The molecule has 1 N–H and O–H groups in total. The molecule has 0 saturated carbocycles. The summed E-state index contributed by atoms with van der Waals surface area (Å²) >= 11 is 0. The van der Waals surface area contributed by atoms with Gasteiger partial charge in [0.2, 0.25) is 0 Å². The Labute approximate surface area is 147 Å². The van der Waals surface area contributed by atoms with Crippen LogP contribution in [0.5, 0.6) is 5.75 Å². The van der Waals surface area contributed by atoms with Crippen LogP contribution in [0.3, 0.4) is 0 Å². The molecule has 1 aromatic carbocycles. The van der Waals surface area contributed by atoms with E-state index in [9.17, 15) is 21.4 Å². The zero-order valence-electron chi connectivity index (χ0n) is 14.1. The number of rotatable bonds is 9. The Morgan fingerprint density at radius 1 is 1.04 bits per heavy atom. The van der Waals surface area contributed by atoms with Crippen LogP contribution in [0.25, 0.3) is 0 Å². The van der Waals surface area contributed by atoms with Gasteiger partial charge in [-0.3, -0.25) is 4.55 Å². The minimum Gasteiger partial charge on any atom is -0.382 e. The van der Waals surface area contributed by atoms with Crippen molar-refractivity contribution in [2.75, 3.05) is 0 Å². The molecule has 1 atom stereocenters. The van der Waals surface area contributed by atoms with E-state index in [4.69, 9.17) is 4.18 Å². The monoisotopic (exact) mass is 400 g/mol. The van der Waals surface area contributed by atoms with Gasteiger partial charge >= 0.3 is 10.1 Å². The third-order valence-electron chi connectivity index (χ3n) is 4.32. The maximum atomic E-state index is 15.1. The molecule has 0 aliphatic rings. The van der Waals surface area contributed by atoms with E-state index in [2.05, 4.69) is 0 Å². The van der Waals surface area contributed by atoms with Crippen LogP contribution in [0.2, 0.25) is 0 Å². The van der Waals surface area contributed by atoms with Gasteiger partial charge in [0.15, 0.2) is 10.00 Å². The summed E-state index contributed by atoms with van der Waals surface area (Å²) in [5.41, 5.74) is 0. The molecule has 0 saturated heterocycles. The molecule has 1 rings (SSSR count). The minimum atomic E-state index is -5.24. The average molecular weight is 400 g/mol. The molecule has 144 valence electrons. The zero-order chi connectivity index (χ0) is 19.5. The van der Waals surface area contributed by atoms with Crippen molar-refractivity contribution in [1.29, 1.82) is 0 Å². The second-order valence-corrected chi connectivity index (χ2v) is 9.04. The molecule has 1 aromatic rings. The van der Waals surface area contributed by atoms with Crippen LogP contribution < -0.4 is 4.18 Å². The van der Waals surface area contributed by atoms with Gasteiger partial charge in [-0.2, -0.15) is 16.8 Å². The van der Waals surface area contributed by atoms with E-state index in [1.54, 1.807) is 6.07 Å². The normalized spacial score (nSPS) is 15.0. The SMILES string of the molecule is CCC(C(F)(F)C(CC)(CC)S(=O)(=O)O)S(=O)(=O)Oc1ccccc1. The van der Waals surface area contributed by atoms with Gasteiger partial charge in [0.05, 0.1) is 0 Å². The van der Waals surface area contributed by atoms with Crippen molar-refractivity contribution < 1.29 is 34.4 Å². The summed E-state index contributed by atoms with van der Waals surface area (Å²) in [5, 5.41) is -2.44. The van der Waals surface area contributed by atoms with E-state index in [1.807, 2.05) is 0 Å². The summed E-state index contributed by atoms with van der Waals surface area (Å²) in [6.07, 6.45) is -1.92. The summed E-state index contributed by atoms with van der Waals surface area (Å²) in [6.45, 7) is 3.50. The first-order chi connectivity index (χ1) is 11.4. The van der Waals surface area contributed by atoms with Gasteiger partial charge < -0.3 is 4.18 Å². The largest absolute Gasteiger partial charge is 0.382 e. The lowest BCUT2D eigenvalue weighted by Crippen LogP contribution is -2.61. The highest BCUT2D eigenvalue weighted by atomic mass is 32.2. The lowest BCUT2D eigenvalue weighted by Gasteiger charge is -2.39. The number of para-hydroxylation sites is 1. The third kappa shape index (κ3) is 3.95. The third-order valence-corrected chi connectivity index (χ3v) is 7.91. The first-order valence-corrected chi connectivity index (χ1v) is 10.6. The Morgan fingerprint density at radius 3 is 1.88 bits per heavy atom. The van der Waals surface area contributed by atoms with Crippen molar-refractivity contribution in [2.24, 2.45) is 0 Å². The van der Waals surface area contributed by atoms with E-state index >= 15 is 8.78 Å². The van der Waals surface area contributed by atoms with Gasteiger partial charge in [0.1, 0.15) is 5.75 Å². The molecular weight excluding hydrogens is 378 g/mol. The van der Waals surface area contributed by atoms with Gasteiger partial charge in [-0.25, -0.2) is 8.78 Å². The fourth-order valence-corrected chi connectivity index (χ4v) is 5.64. The Kier molecular flexibility index (Phi) is 6.57. The fraction of sp³-hybridized carbons (Fsp3) is 0.600. The van der Waals surface area contributed by atoms with E-state index in [-0.39, 0.29) is 5.75 Å². The van der Waals surface area contributed by atoms with Gasteiger partial charge in [0.25, 0.3) is 16.0 Å². The molecule has 1 unspecified atom stereocenters. The van der Waals surface area contributed by atoms with Gasteiger partial charge in [-0.05, 0) is 31.4 Å². The standard InChI is InChI=1S/C15H22F2O6S2/c1-4-13(24(18,19)23-12-10-8-7-9-11-12)15(16,17)14(5-2,6-3)25(20,21)22/h7-11,13H,4-6H2,1-3H3,(H,20,21,22). The first kappa shape index (κ1) is 21.8. The Bertz CT molecular complexity index is 771. The smallest absolute Gasteiger partial charge is 0.318 e. The van der Waals surface area contributed by atoms with Crippen LogP contribution in [0, 0.1) is 0 Å². The highest BCUT2D eigenvalue weighted by molar-refractivity contribution is 7.88. The van der Waals surface area contributed by atoms with Crippen LogP contribution in [0.4, 0.5) is 8.78 Å². The fourth-order valence-electron chi connectivity index (χ4n) is 2.86. The van der Waals surface area contributed by atoms with Crippen LogP contribution in [-0.2, 0) is 20.2 Å². The number of halogens is 2. The van der Waals surface area contributed by atoms with Crippen LogP contribution in [0.1, 0.15) is 40.0 Å². The lowest BCUT2D eigenvalue weighted by molar-refractivity contribution is -0.0540. The van der Waals surface area contributed by atoms with Gasteiger partial charge in [-0.15, -0.1) is 0 Å². The van der Waals surface area contributed by atoms with Crippen molar-refractivity contribution in [2.45, 2.75) is 56.0 Å². The summed E-state index contributed by atoms with van der Waals surface area (Å²) in [6, 6.07) is 7.06. The van der Waals surface area contributed by atoms with Crippen molar-refractivity contribution in [3.63, 3.8) is 0 Å². The quantitative estimate of drug-likeness (QED) is 0.505. The van der Waals surface area contributed by atoms with Crippen molar-refractivity contribution in [1.82, 2.24) is 0 Å². The van der Waals surface area contributed by atoms with Crippen molar-refractivity contribution >= 4 is 20.2 Å². The van der Waals surface area contributed by atoms with Crippen molar-refractivity contribution in [3.8, 4) is 5.75 Å². The predicted molar refractivity (Wildman–Crippen MR) is 89.9 cm³/mol. The number of benzene rings is 1. The summed E-state index contributed by atoms with van der Waals surface area (Å²) in [5.74, 6) is -4.44. The topological polar surface area (TPSA) is 97.7 Å². The van der Waals surface area contributed by atoms with E-state index in [1.165, 1.54) is 31.2 Å². The van der Waals surface area contributed by atoms with E-state index < -0.39 is 55.4 Å². The summed E-state index contributed by atoms with van der Waals surface area (Å²) in [4.78, 5) is 0. The second kappa shape index (κ2) is 7.55. The molecule has 0 aliphatic carbocycles. The maximum absolute atomic E-state index is 15.1. The average Bonchev–Trinajstić information content (AvgIpc) is 2.47. The highest BCUT2D eigenvalue weighted by Gasteiger charge is 2.66. The van der Waals surface area contributed by atoms with Gasteiger partial charge in [0, 0.05) is 0 Å². The summed E-state index contributed by atoms with van der Waals surface area (Å²) in [7, 11) is -10.1. The molecule has 0 aliphatic heterocycles. The lowest BCUT2D eigenvalue weighted by atomic mass is 9.91. The zero-order valence-corrected chi connectivity index (χ0v) is 15.8. The number of hydrogen-bond acceptors (Lipinski definition) is 5. The van der Waals surface area contributed by atoms with E-state index in [0.29, 0.717) is 0 Å². The number of hydrogen-bond donors (Lipinski definition) is 1. The molecule has 0 aromatic heterocycles. The van der Waals surface area contributed by atoms with Crippen LogP contribution in [0.15, 0.2) is 30.3 Å². The summed E-state index contributed by atoms with van der Waals surface area (Å²) < 4.78 is 89.7. The predicted octanol–water partition coefficient (Wildman–Crippen LogP) is 3.26. The molecule has 25 heavy (non-hydrogen) atoms. The Hall–Kier alpha value is -1.26. The van der Waals surface area contributed by atoms with Crippen LogP contribution in [-0.4, -0.2) is 37.3 Å². The molecule has 0 fully saturated rings. The van der Waals surface area contributed by atoms with E-state index in [0.717, 1.165) is 13.8 Å². The molecule has 0 spiro atoms. The maximum Gasteiger partial charge on any atom is 0.318 e. The molecule has 6 nitrogen and oxygen atoms in total. The van der Waals surface area contributed by atoms with Gasteiger partial charge in [-0.1, -0.05) is 39.0 Å². The first-order valence-electron chi connectivity index (χ1n) is 7.72. The molecule has 0 heterocycles. The Balaban J connectivity index is 3.45. The minimum absolute atomic E-state index is 0.165. The molecule has 0 amide bonds. The highest BCUT2D eigenvalue weighted by Crippen LogP contribution is 2.46. The molecule has 0 bridgehead atoms. The van der Waals surface area contributed by atoms with Crippen molar-refractivity contribution in [3.05, 3.63) is 30.3 Å². The number of alkyl halides is 2. The molecule has 10 heteroatoms. The second-order valence-electron chi connectivity index (χ2n) is 5.59. The molecule has 0 radical (unpaired) electrons. The Morgan fingerprint density at radius 2 is 1.52 bits per heavy atom. The molecular formula is C15H22F2O6S2. The van der Waals surface area contributed by atoms with Crippen LogP contribution >= 0.6 is 0 Å².